The summed E-state index contributed by atoms with van der Waals surface area (Å²) in [6.45, 7) is 0. The number of nitrogens with zero attached hydrogens (tertiary/aromatic N) is 2. The quantitative estimate of drug-likeness (QED) is 0.321. The fraction of sp³-hybridized carbons (Fsp3) is 0.0952. The number of halogens is 1. The van der Waals surface area contributed by atoms with Gasteiger partial charge in [0.25, 0.3) is 15.6 Å². The first kappa shape index (κ1) is 25.6. The molecule has 0 fully saturated rings. The summed E-state index contributed by atoms with van der Waals surface area (Å²) in [6, 6.07) is 9.15. The van der Waals surface area contributed by atoms with Crippen LogP contribution in [0, 0.1) is 0 Å². The van der Waals surface area contributed by atoms with Crippen molar-refractivity contribution in [1.29, 1.82) is 0 Å². The summed E-state index contributed by atoms with van der Waals surface area (Å²) in [4.78, 5) is 29.4. The Hall–Kier alpha value is -3.46. The Labute approximate surface area is 214 Å². The second-order valence-electron chi connectivity index (χ2n) is 7.47. The smallest absolute Gasteiger partial charge is 0.333 e. The van der Waals surface area contributed by atoms with Crippen molar-refractivity contribution in [3.8, 4) is 5.82 Å². The fourth-order valence-electron chi connectivity index (χ4n) is 3.30. The number of pyridine rings is 2. The minimum Gasteiger partial charge on any atom is -0.388 e. The molecule has 0 saturated carbocycles. The van der Waals surface area contributed by atoms with Crippen LogP contribution in [0.25, 0.3) is 16.6 Å². The van der Waals surface area contributed by atoms with E-state index in [1.165, 1.54) is 42.7 Å². The molecule has 0 aliphatic carbocycles. The van der Waals surface area contributed by atoms with Crippen LogP contribution < -0.4 is 20.9 Å². The molecule has 2 amide bonds. The van der Waals surface area contributed by atoms with E-state index >= 15 is 0 Å². The van der Waals surface area contributed by atoms with E-state index in [-0.39, 0.29) is 35.7 Å². The second-order valence-corrected chi connectivity index (χ2v) is 13.1. The molecule has 15 heteroatoms. The van der Waals surface area contributed by atoms with Gasteiger partial charge in [0.15, 0.2) is 9.84 Å². The van der Waals surface area contributed by atoms with Crippen molar-refractivity contribution in [1.82, 2.24) is 14.3 Å². The number of hydrogen-bond acceptors (Lipinski definition) is 9. The predicted octanol–water partition coefficient (Wildman–Crippen LogP) is 3.06. The number of thiophene rings is 1. The molecule has 11 nitrogen and oxygen atoms in total. The van der Waals surface area contributed by atoms with E-state index in [0.717, 1.165) is 22.2 Å². The van der Waals surface area contributed by atoms with Crippen molar-refractivity contribution in [2.45, 2.75) is 9.10 Å². The standard InChI is InChI=1S/C21H18ClN5O6S3/c1-23-12-3-5-14-15(9-12)16(35(2,30)31)11-27(20(14)28)18-7-4-13(10-24-18)25-21(29)26-36(32,33)19-8-6-17(22)34-19/h3-11,23H,1-2H3,(H2,25,26,29). The van der Waals surface area contributed by atoms with Crippen LogP contribution in [0.3, 0.4) is 0 Å². The SMILES string of the molecule is CNc1ccc2c(=O)n(-c3ccc(NC(=O)NS(=O)(=O)c4ccc(Cl)s4)cn3)cc(S(C)(=O)=O)c2c1. The van der Waals surface area contributed by atoms with Crippen molar-refractivity contribution >= 4 is 71.0 Å². The highest BCUT2D eigenvalue weighted by Crippen LogP contribution is 2.26. The highest BCUT2D eigenvalue weighted by atomic mass is 35.5. The minimum absolute atomic E-state index is 0.0588. The van der Waals surface area contributed by atoms with Crippen LogP contribution in [0.15, 0.2) is 68.8 Å². The molecule has 0 aliphatic rings. The number of benzene rings is 1. The Morgan fingerprint density at radius 3 is 2.33 bits per heavy atom. The van der Waals surface area contributed by atoms with E-state index in [4.69, 9.17) is 11.6 Å². The summed E-state index contributed by atoms with van der Waals surface area (Å²) >= 11 is 6.54. The van der Waals surface area contributed by atoms with Gasteiger partial charge < -0.3 is 10.6 Å². The third-order valence-electron chi connectivity index (χ3n) is 4.96. The summed E-state index contributed by atoms with van der Waals surface area (Å²) in [5.74, 6) is 0.0938. The van der Waals surface area contributed by atoms with Gasteiger partial charge in [-0.05, 0) is 42.5 Å². The number of urea groups is 1. The monoisotopic (exact) mass is 567 g/mol. The summed E-state index contributed by atoms with van der Waals surface area (Å²) in [5, 5.41) is 5.70. The number of sulfone groups is 1. The van der Waals surface area contributed by atoms with Crippen LogP contribution in [-0.4, -0.2) is 45.7 Å². The van der Waals surface area contributed by atoms with Crippen LogP contribution in [0.2, 0.25) is 4.34 Å². The van der Waals surface area contributed by atoms with E-state index in [0.29, 0.717) is 5.69 Å². The fourth-order valence-corrected chi connectivity index (χ4v) is 6.56. The molecular weight excluding hydrogens is 550 g/mol. The molecular formula is C21H18ClN5O6S3. The number of carbonyl (C=O) groups excluding carboxylic acids is 1. The third kappa shape index (κ3) is 5.21. The zero-order valence-corrected chi connectivity index (χ0v) is 21.8. The number of anilines is 2. The molecule has 3 aromatic heterocycles. The van der Waals surface area contributed by atoms with Gasteiger partial charge in [0, 0.05) is 36.0 Å². The minimum atomic E-state index is -4.12. The molecule has 3 N–H and O–H groups in total. The molecule has 0 bridgehead atoms. The van der Waals surface area contributed by atoms with Gasteiger partial charge in [-0.15, -0.1) is 11.3 Å². The van der Waals surface area contributed by atoms with Crippen LogP contribution in [0.5, 0.6) is 0 Å². The molecule has 3 heterocycles. The first-order valence-electron chi connectivity index (χ1n) is 10.0. The molecule has 36 heavy (non-hydrogen) atoms. The van der Waals surface area contributed by atoms with Gasteiger partial charge in [-0.25, -0.2) is 31.3 Å². The summed E-state index contributed by atoms with van der Waals surface area (Å²) in [5.41, 5.74) is 0.277. The van der Waals surface area contributed by atoms with Gasteiger partial charge in [-0.2, -0.15) is 0 Å². The number of nitrogens with one attached hydrogen (secondary N) is 3. The lowest BCUT2D eigenvalue weighted by atomic mass is 10.1. The molecule has 0 saturated heterocycles. The zero-order chi connectivity index (χ0) is 26.3. The Morgan fingerprint density at radius 1 is 1.03 bits per heavy atom. The lowest BCUT2D eigenvalue weighted by Crippen LogP contribution is -2.34. The predicted molar refractivity (Wildman–Crippen MR) is 139 cm³/mol. The van der Waals surface area contributed by atoms with Gasteiger partial charge in [0.2, 0.25) is 0 Å². The summed E-state index contributed by atoms with van der Waals surface area (Å²) < 4.78 is 52.5. The Morgan fingerprint density at radius 2 is 1.75 bits per heavy atom. The Bertz CT molecular complexity index is 1760. The highest BCUT2D eigenvalue weighted by Gasteiger charge is 2.21. The number of sulfonamides is 1. The summed E-state index contributed by atoms with van der Waals surface area (Å²) in [7, 11) is -6.15. The molecule has 4 aromatic rings. The normalized spacial score (nSPS) is 11.9. The molecule has 1 aromatic carbocycles. The Balaban J connectivity index is 1.64. The Kier molecular flexibility index (Phi) is 6.79. The van der Waals surface area contributed by atoms with Crippen molar-refractivity contribution in [3.63, 3.8) is 0 Å². The van der Waals surface area contributed by atoms with Crippen molar-refractivity contribution in [3.05, 3.63) is 69.5 Å². The van der Waals surface area contributed by atoms with Gasteiger partial charge >= 0.3 is 6.03 Å². The van der Waals surface area contributed by atoms with Crippen LogP contribution in [0.4, 0.5) is 16.2 Å². The lowest BCUT2D eigenvalue weighted by molar-refractivity contribution is 0.256. The molecule has 0 unspecified atom stereocenters. The number of carbonyl (C=O) groups is 1. The topological polar surface area (TPSA) is 156 Å². The number of hydrogen-bond donors (Lipinski definition) is 3. The number of amides is 2. The second kappa shape index (κ2) is 9.54. The number of rotatable bonds is 6. The van der Waals surface area contributed by atoms with E-state index in [2.05, 4.69) is 15.6 Å². The maximum atomic E-state index is 13.1. The van der Waals surface area contributed by atoms with Crippen LogP contribution >= 0.6 is 22.9 Å². The lowest BCUT2D eigenvalue weighted by Gasteiger charge is -2.13. The molecule has 0 atom stereocenters. The highest BCUT2D eigenvalue weighted by molar-refractivity contribution is 7.92. The van der Waals surface area contributed by atoms with Crippen LogP contribution in [-0.2, 0) is 19.9 Å². The average molecular weight is 568 g/mol. The van der Waals surface area contributed by atoms with E-state index < -0.39 is 31.5 Å². The van der Waals surface area contributed by atoms with Gasteiger partial charge in [-0.1, -0.05) is 11.6 Å². The molecule has 0 aliphatic heterocycles. The van der Waals surface area contributed by atoms with Crippen molar-refractivity contribution < 1.29 is 21.6 Å². The number of fused-ring (bicyclic) bond motifs is 1. The van der Waals surface area contributed by atoms with E-state index in [9.17, 15) is 26.4 Å². The first-order chi connectivity index (χ1) is 16.9. The van der Waals surface area contributed by atoms with Crippen LogP contribution in [0.1, 0.15) is 0 Å². The largest absolute Gasteiger partial charge is 0.388 e. The van der Waals surface area contributed by atoms with Crippen molar-refractivity contribution in [2.75, 3.05) is 23.9 Å². The van der Waals surface area contributed by atoms with Gasteiger partial charge in [0.1, 0.15) is 10.0 Å². The number of aromatic nitrogens is 2. The third-order valence-corrected chi connectivity index (χ3v) is 9.14. The van der Waals surface area contributed by atoms with E-state index in [1.807, 2.05) is 4.72 Å². The maximum Gasteiger partial charge on any atom is 0.333 e. The molecule has 188 valence electrons. The molecule has 0 radical (unpaired) electrons. The molecule has 4 rings (SSSR count). The van der Waals surface area contributed by atoms with Gasteiger partial charge in [-0.3, -0.25) is 9.36 Å². The first-order valence-corrected chi connectivity index (χ1v) is 14.6. The van der Waals surface area contributed by atoms with Gasteiger partial charge in [0.05, 0.1) is 21.1 Å². The average Bonchev–Trinajstić information content (AvgIpc) is 3.26. The maximum absolute atomic E-state index is 13.1. The van der Waals surface area contributed by atoms with E-state index in [1.54, 1.807) is 19.2 Å². The van der Waals surface area contributed by atoms with Crippen molar-refractivity contribution in [2.24, 2.45) is 0 Å². The zero-order valence-electron chi connectivity index (χ0n) is 18.6. The molecule has 0 spiro atoms. The summed E-state index contributed by atoms with van der Waals surface area (Å²) in [6.07, 6.45) is 3.44.